The number of amides is 1. The number of aliphatic hydroxyl groups is 3. The predicted octanol–water partition coefficient (Wildman–Crippen LogP) is 2.68. The van der Waals surface area contributed by atoms with E-state index in [9.17, 15) is 34.8 Å². The molecule has 41 heavy (non-hydrogen) atoms. The second kappa shape index (κ2) is 11.1. The first-order chi connectivity index (χ1) is 19.4. The van der Waals surface area contributed by atoms with Gasteiger partial charge in [0.2, 0.25) is 5.78 Å². The minimum Gasteiger partial charge on any atom is -0.508 e. The molecule has 0 radical (unpaired) electrons. The molecule has 0 aromatic heterocycles. The normalized spacial score (nSPS) is 28.9. The number of hydrogen-bond acceptors (Lipinski definition) is 9. The van der Waals surface area contributed by atoms with E-state index >= 15 is 0 Å². The van der Waals surface area contributed by atoms with Crippen LogP contribution in [0.25, 0.3) is 5.76 Å². The highest BCUT2D eigenvalue weighted by atomic mass is 35.5. The second-order valence-electron chi connectivity index (χ2n) is 12.2. The number of benzene rings is 1. The Kier molecular flexibility index (Phi) is 7.97. The molecule has 2 saturated carbocycles. The average molecular weight is 588 g/mol. The standard InChI is InChI=1S/C30H38ClN3O7/c1-34(2)24-18-10-15-9-17-21(19(35)11-16(23(17)31)13-33-12-14-7-5-3-4-6-8-14)25(36)20(15)27(38)30(18,41)28(39)22(26(24)37)29(32)40/h11,14-15,18,24,33,35-36,39,41H,3-10,12-13H2,1-2H3,(H2,32,40)/t15-,18-,24-,30-/m0/s1. The number of hydrogen-bond donors (Lipinski definition) is 6. The van der Waals surface area contributed by atoms with Crippen molar-refractivity contribution in [2.24, 2.45) is 23.5 Å². The van der Waals surface area contributed by atoms with E-state index in [1.807, 2.05) is 0 Å². The van der Waals surface area contributed by atoms with Crippen LogP contribution < -0.4 is 11.1 Å². The smallest absolute Gasteiger partial charge is 0.255 e. The van der Waals surface area contributed by atoms with Crippen LogP contribution in [-0.4, -0.2) is 75.1 Å². The lowest BCUT2D eigenvalue weighted by Gasteiger charge is -2.50. The number of halogens is 1. The molecule has 222 valence electrons. The number of carbonyl (C=O) groups excluding carboxylic acids is 3. The number of phenolic OH excluding ortho intramolecular Hbond substituents is 1. The second-order valence-corrected chi connectivity index (χ2v) is 12.6. The van der Waals surface area contributed by atoms with E-state index in [-0.39, 0.29) is 29.7 Å². The Hall–Kier alpha value is -2.92. The molecule has 4 aliphatic carbocycles. The number of rotatable bonds is 6. The lowest BCUT2D eigenvalue weighted by Crippen LogP contribution is -2.65. The summed E-state index contributed by atoms with van der Waals surface area (Å²) in [4.78, 5) is 40.7. The van der Waals surface area contributed by atoms with Gasteiger partial charge in [-0.25, -0.2) is 0 Å². The van der Waals surface area contributed by atoms with Gasteiger partial charge in [0.15, 0.2) is 11.4 Å². The van der Waals surface area contributed by atoms with Crippen molar-refractivity contribution < 1.29 is 34.8 Å². The van der Waals surface area contributed by atoms with E-state index < -0.39 is 58.0 Å². The number of primary amides is 1. The Morgan fingerprint density at radius 1 is 1.15 bits per heavy atom. The van der Waals surface area contributed by atoms with E-state index in [0.717, 1.165) is 6.54 Å². The fraction of sp³-hybridized carbons (Fsp3) is 0.567. The molecule has 0 bridgehead atoms. The zero-order chi connectivity index (χ0) is 29.8. The third-order valence-corrected chi connectivity index (χ3v) is 9.92. The molecule has 0 saturated heterocycles. The fourth-order valence-corrected chi connectivity index (χ4v) is 7.75. The van der Waals surface area contributed by atoms with Crippen LogP contribution in [0.4, 0.5) is 0 Å². The maximum absolute atomic E-state index is 13.9. The summed E-state index contributed by atoms with van der Waals surface area (Å²) in [6.07, 6.45) is 7.56. The molecule has 4 aliphatic rings. The topological polar surface area (TPSA) is 173 Å². The molecule has 2 fully saturated rings. The van der Waals surface area contributed by atoms with Crippen molar-refractivity contribution in [3.63, 3.8) is 0 Å². The van der Waals surface area contributed by atoms with Crippen LogP contribution in [0.5, 0.6) is 5.75 Å². The summed E-state index contributed by atoms with van der Waals surface area (Å²) in [6, 6.07) is 0.337. The van der Waals surface area contributed by atoms with Gasteiger partial charge in [0.25, 0.3) is 5.91 Å². The van der Waals surface area contributed by atoms with Crippen LogP contribution in [0, 0.1) is 17.8 Å². The number of carbonyl (C=O) groups is 3. The largest absolute Gasteiger partial charge is 0.508 e. The number of Topliss-reactive ketones (excluding diaryl/α,β-unsaturated/α-hetero) is 2. The van der Waals surface area contributed by atoms with Crippen LogP contribution in [0.2, 0.25) is 5.02 Å². The van der Waals surface area contributed by atoms with Gasteiger partial charge in [0, 0.05) is 23.1 Å². The molecule has 0 heterocycles. The van der Waals surface area contributed by atoms with Crippen LogP contribution in [0.15, 0.2) is 23.0 Å². The van der Waals surface area contributed by atoms with Crippen molar-refractivity contribution in [2.45, 2.75) is 69.6 Å². The van der Waals surface area contributed by atoms with Gasteiger partial charge in [-0.2, -0.15) is 0 Å². The summed E-state index contributed by atoms with van der Waals surface area (Å²) < 4.78 is 0. The molecule has 7 N–H and O–H groups in total. The Bertz CT molecular complexity index is 1360. The molecule has 5 rings (SSSR count). The average Bonchev–Trinajstić information content (AvgIpc) is 3.17. The molecular formula is C30H38ClN3O7. The Morgan fingerprint density at radius 3 is 2.41 bits per heavy atom. The molecule has 0 unspecified atom stereocenters. The lowest BCUT2D eigenvalue weighted by molar-refractivity contribution is -0.153. The van der Waals surface area contributed by atoms with E-state index in [4.69, 9.17) is 17.3 Å². The highest BCUT2D eigenvalue weighted by Gasteiger charge is 2.64. The molecule has 10 nitrogen and oxygen atoms in total. The van der Waals surface area contributed by atoms with Gasteiger partial charge in [-0.05, 0) is 75.4 Å². The van der Waals surface area contributed by atoms with Gasteiger partial charge in [-0.15, -0.1) is 0 Å². The van der Waals surface area contributed by atoms with Gasteiger partial charge in [0.1, 0.15) is 22.8 Å². The molecule has 11 heteroatoms. The number of phenols is 1. The third-order valence-electron chi connectivity index (χ3n) is 9.45. The van der Waals surface area contributed by atoms with Crippen molar-refractivity contribution >= 4 is 34.8 Å². The van der Waals surface area contributed by atoms with Gasteiger partial charge >= 0.3 is 0 Å². The molecular weight excluding hydrogens is 550 g/mol. The van der Waals surface area contributed by atoms with Gasteiger partial charge < -0.3 is 31.5 Å². The van der Waals surface area contributed by atoms with Gasteiger partial charge in [-0.1, -0.05) is 37.3 Å². The maximum Gasteiger partial charge on any atom is 0.255 e. The molecule has 1 aromatic rings. The Labute approximate surface area is 243 Å². The number of ketones is 2. The summed E-state index contributed by atoms with van der Waals surface area (Å²) in [5.74, 6) is -6.20. The summed E-state index contributed by atoms with van der Waals surface area (Å²) >= 11 is 6.84. The van der Waals surface area contributed by atoms with Crippen molar-refractivity contribution in [1.29, 1.82) is 0 Å². The zero-order valence-electron chi connectivity index (χ0n) is 23.4. The van der Waals surface area contributed by atoms with E-state index in [1.54, 1.807) is 14.1 Å². The van der Waals surface area contributed by atoms with Crippen LogP contribution in [-0.2, 0) is 27.3 Å². The highest BCUT2D eigenvalue weighted by molar-refractivity contribution is 6.32. The summed E-state index contributed by atoms with van der Waals surface area (Å²) in [5.41, 5.74) is 2.81. The minimum atomic E-state index is -2.66. The van der Waals surface area contributed by atoms with E-state index in [1.165, 1.54) is 49.5 Å². The van der Waals surface area contributed by atoms with Crippen molar-refractivity contribution in [1.82, 2.24) is 10.2 Å². The number of aliphatic hydroxyl groups excluding tert-OH is 2. The molecule has 0 aliphatic heterocycles. The number of aromatic hydroxyl groups is 1. The monoisotopic (exact) mass is 587 g/mol. The number of nitrogens with zero attached hydrogens (tertiary/aromatic N) is 1. The summed E-state index contributed by atoms with van der Waals surface area (Å²) in [6.45, 7) is 1.26. The summed E-state index contributed by atoms with van der Waals surface area (Å²) in [7, 11) is 3.13. The van der Waals surface area contributed by atoms with E-state index in [0.29, 0.717) is 28.6 Å². The Balaban J connectivity index is 1.52. The zero-order valence-corrected chi connectivity index (χ0v) is 24.1. The molecule has 0 spiro atoms. The molecule has 1 aromatic carbocycles. The van der Waals surface area contributed by atoms with Crippen LogP contribution >= 0.6 is 11.6 Å². The maximum atomic E-state index is 13.9. The third kappa shape index (κ3) is 4.74. The van der Waals surface area contributed by atoms with Crippen LogP contribution in [0.3, 0.4) is 0 Å². The SMILES string of the molecule is CN(C)[C@@H]1C(=O)C(C(N)=O)=C(O)[C@@]2(O)C(=O)C3=C(O)c4c(O)cc(CNCC5CCCCCC5)c(Cl)c4C[C@H]3C[C@@H]12. The number of nitrogens with one attached hydrogen (secondary N) is 1. The first-order valence-corrected chi connectivity index (χ1v) is 14.7. The summed E-state index contributed by atoms with van der Waals surface area (Å²) in [5, 5.41) is 48.8. The Morgan fingerprint density at radius 2 is 1.80 bits per heavy atom. The number of likely N-dealkylation sites (N-methyl/N-ethyl adjacent to an activating group) is 1. The van der Waals surface area contributed by atoms with E-state index in [2.05, 4.69) is 5.32 Å². The van der Waals surface area contributed by atoms with Gasteiger partial charge in [0.05, 0.1) is 11.6 Å². The van der Waals surface area contributed by atoms with Crippen molar-refractivity contribution in [3.8, 4) is 5.75 Å². The quantitative estimate of drug-likeness (QED) is 0.216. The molecule has 1 amide bonds. The lowest BCUT2D eigenvalue weighted by atomic mass is 9.57. The first-order valence-electron chi connectivity index (χ1n) is 14.3. The van der Waals surface area contributed by atoms with Crippen molar-refractivity contribution in [3.05, 3.63) is 44.7 Å². The van der Waals surface area contributed by atoms with Crippen LogP contribution in [0.1, 0.15) is 61.6 Å². The van der Waals surface area contributed by atoms with Gasteiger partial charge in [-0.3, -0.25) is 19.3 Å². The predicted molar refractivity (Wildman–Crippen MR) is 152 cm³/mol. The van der Waals surface area contributed by atoms with Crippen molar-refractivity contribution in [2.75, 3.05) is 20.6 Å². The minimum absolute atomic E-state index is 0.00110. The molecule has 4 atom stereocenters. The fourth-order valence-electron chi connectivity index (χ4n) is 7.45. The number of fused-ring (bicyclic) bond motifs is 3. The number of nitrogens with two attached hydrogens (primary N) is 1. The first kappa shape index (κ1) is 29.6. The highest BCUT2D eigenvalue weighted by Crippen LogP contribution is 2.53.